The van der Waals surface area contributed by atoms with E-state index in [2.05, 4.69) is 10.3 Å². The second-order valence-corrected chi connectivity index (χ2v) is 7.39. The zero-order chi connectivity index (χ0) is 18.2. The van der Waals surface area contributed by atoms with E-state index in [0.717, 1.165) is 40.8 Å². The fraction of sp³-hybridized carbons (Fsp3) is 0.318. The summed E-state index contributed by atoms with van der Waals surface area (Å²) >= 11 is 0. The van der Waals surface area contributed by atoms with Crippen LogP contribution < -0.4 is 5.32 Å². The molecule has 5 nitrogen and oxygen atoms in total. The highest BCUT2D eigenvalue weighted by molar-refractivity contribution is 6.06. The highest BCUT2D eigenvalue weighted by Crippen LogP contribution is 2.40. The number of fused-ring (bicyclic) bond motifs is 1. The SMILES string of the molecule is O=C(c1cc(C2CC2)nc2ccccc12)N1CCNCC1c1cccnc1. The summed E-state index contributed by atoms with van der Waals surface area (Å²) in [5, 5.41) is 4.35. The van der Waals surface area contributed by atoms with Gasteiger partial charge in [0.2, 0.25) is 0 Å². The lowest BCUT2D eigenvalue weighted by Gasteiger charge is -2.36. The number of piperazine rings is 1. The molecule has 1 N–H and O–H groups in total. The van der Waals surface area contributed by atoms with E-state index in [1.165, 1.54) is 12.8 Å². The number of hydrogen-bond donors (Lipinski definition) is 1. The van der Waals surface area contributed by atoms with Crippen molar-refractivity contribution in [2.75, 3.05) is 19.6 Å². The molecule has 3 aromatic rings. The number of pyridine rings is 2. The summed E-state index contributed by atoms with van der Waals surface area (Å²) in [5.41, 5.74) is 3.82. The molecule has 3 heterocycles. The van der Waals surface area contributed by atoms with E-state index in [1.54, 1.807) is 6.20 Å². The highest BCUT2D eigenvalue weighted by Gasteiger charge is 2.32. The molecule has 27 heavy (non-hydrogen) atoms. The maximum absolute atomic E-state index is 13.6. The number of amides is 1. The summed E-state index contributed by atoms with van der Waals surface area (Å²) in [5.74, 6) is 0.601. The molecule has 2 aliphatic rings. The minimum atomic E-state index is -0.00347. The van der Waals surface area contributed by atoms with Gasteiger partial charge in [0.25, 0.3) is 5.91 Å². The Hall–Kier alpha value is -2.79. The normalized spacial score (nSPS) is 20.0. The Morgan fingerprint density at radius 3 is 2.85 bits per heavy atom. The molecule has 136 valence electrons. The summed E-state index contributed by atoms with van der Waals surface area (Å²) < 4.78 is 0. The van der Waals surface area contributed by atoms with E-state index in [1.807, 2.05) is 53.6 Å². The standard InChI is InChI=1S/C22H22N4O/c27-22(26-11-10-24-14-21(26)16-4-3-9-23-13-16)18-12-20(15-7-8-15)25-19-6-2-1-5-17(18)19/h1-6,9,12-13,15,21,24H,7-8,10-11,14H2. The van der Waals surface area contributed by atoms with Crippen molar-refractivity contribution in [1.29, 1.82) is 0 Å². The summed E-state index contributed by atoms with van der Waals surface area (Å²) in [6.07, 6.45) is 5.97. The first kappa shape index (κ1) is 16.4. The third kappa shape index (κ3) is 3.08. The zero-order valence-corrected chi connectivity index (χ0v) is 15.1. The summed E-state index contributed by atoms with van der Waals surface area (Å²) in [6.45, 7) is 2.24. The molecular weight excluding hydrogens is 336 g/mol. The second-order valence-electron chi connectivity index (χ2n) is 7.39. The Balaban J connectivity index is 1.58. The van der Waals surface area contributed by atoms with Crippen LogP contribution in [0.4, 0.5) is 0 Å². The molecule has 1 aliphatic carbocycles. The van der Waals surface area contributed by atoms with Crippen molar-refractivity contribution in [2.45, 2.75) is 24.8 Å². The van der Waals surface area contributed by atoms with Crippen molar-refractivity contribution in [2.24, 2.45) is 0 Å². The van der Waals surface area contributed by atoms with Crippen molar-refractivity contribution >= 4 is 16.8 Å². The Bertz CT molecular complexity index is 984. The molecule has 1 aliphatic heterocycles. The summed E-state index contributed by atoms with van der Waals surface area (Å²) in [6, 6.07) is 14.0. The minimum Gasteiger partial charge on any atom is -0.329 e. The van der Waals surface area contributed by atoms with Crippen LogP contribution in [0.5, 0.6) is 0 Å². The van der Waals surface area contributed by atoms with Gasteiger partial charge in [-0.2, -0.15) is 0 Å². The average molecular weight is 358 g/mol. The van der Waals surface area contributed by atoms with Crippen molar-refractivity contribution in [3.63, 3.8) is 0 Å². The van der Waals surface area contributed by atoms with E-state index in [4.69, 9.17) is 4.98 Å². The number of aromatic nitrogens is 2. The molecule has 1 unspecified atom stereocenters. The highest BCUT2D eigenvalue weighted by atomic mass is 16.2. The Labute approximate surface area is 158 Å². The van der Waals surface area contributed by atoms with Crippen LogP contribution in [-0.4, -0.2) is 40.4 Å². The number of nitrogens with zero attached hydrogens (tertiary/aromatic N) is 3. The first-order valence-corrected chi connectivity index (χ1v) is 9.62. The van der Waals surface area contributed by atoms with E-state index >= 15 is 0 Å². The van der Waals surface area contributed by atoms with Crippen molar-refractivity contribution in [3.05, 3.63) is 71.7 Å². The topological polar surface area (TPSA) is 58.1 Å². The summed E-state index contributed by atoms with van der Waals surface area (Å²) in [4.78, 5) is 24.7. The van der Waals surface area contributed by atoms with Crippen LogP contribution in [0.3, 0.4) is 0 Å². The lowest BCUT2D eigenvalue weighted by Crippen LogP contribution is -2.48. The number of nitrogens with one attached hydrogen (secondary N) is 1. The molecule has 1 saturated heterocycles. The number of hydrogen-bond acceptors (Lipinski definition) is 4. The molecule has 1 amide bonds. The average Bonchev–Trinajstić information content (AvgIpc) is 3.58. The van der Waals surface area contributed by atoms with Crippen LogP contribution in [0.25, 0.3) is 10.9 Å². The van der Waals surface area contributed by atoms with Gasteiger partial charge in [-0.15, -0.1) is 0 Å². The van der Waals surface area contributed by atoms with E-state index in [0.29, 0.717) is 12.5 Å². The number of para-hydroxylation sites is 1. The predicted octanol–water partition coefficient (Wildman–Crippen LogP) is 3.29. The molecule has 5 heteroatoms. The number of benzene rings is 1. The lowest BCUT2D eigenvalue weighted by atomic mass is 10.0. The largest absolute Gasteiger partial charge is 0.329 e. The van der Waals surface area contributed by atoms with Crippen molar-refractivity contribution < 1.29 is 4.79 Å². The summed E-state index contributed by atoms with van der Waals surface area (Å²) in [7, 11) is 0. The number of rotatable bonds is 3. The van der Waals surface area contributed by atoms with Crippen LogP contribution in [0.15, 0.2) is 54.9 Å². The first-order chi connectivity index (χ1) is 13.3. The Morgan fingerprint density at radius 2 is 2.04 bits per heavy atom. The first-order valence-electron chi connectivity index (χ1n) is 9.62. The molecule has 1 atom stereocenters. The molecule has 1 saturated carbocycles. The third-order valence-electron chi connectivity index (χ3n) is 5.54. The Morgan fingerprint density at radius 1 is 1.15 bits per heavy atom. The third-order valence-corrected chi connectivity index (χ3v) is 5.54. The van der Waals surface area contributed by atoms with Crippen LogP contribution in [0, 0.1) is 0 Å². The Kier molecular flexibility index (Phi) is 4.09. The van der Waals surface area contributed by atoms with Gasteiger partial charge < -0.3 is 10.2 Å². The minimum absolute atomic E-state index is 0.00347. The molecule has 0 bridgehead atoms. The van der Waals surface area contributed by atoms with Crippen molar-refractivity contribution in [3.8, 4) is 0 Å². The van der Waals surface area contributed by atoms with Crippen LogP contribution in [0.1, 0.15) is 46.4 Å². The molecule has 2 aromatic heterocycles. The molecular formula is C22H22N4O. The van der Waals surface area contributed by atoms with Gasteiger partial charge in [-0.1, -0.05) is 24.3 Å². The van der Waals surface area contributed by atoms with Gasteiger partial charge in [-0.05, 0) is 36.6 Å². The number of carbonyl (C=O) groups excluding carboxylic acids is 1. The molecule has 5 rings (SSSR count). The van der Waals surface area contributed by atoms with Crippen LogP contribution >= 0.6 is 0 Å². The van der Waals surface area contributed by atoms with Crippen LogP contribution in [-0.2, 0) is 0 Å². The maximum atomic E-state index is 13.6. The van der Waals surface area contributed by atoms with Gasteiger partial charge in [0.1, 0.15) is 0 Å². The molecule has 0 spiro atoms. The van der Waals surface area contributed by atoms with E-state index in [9.17, 15) is 4.79 Å². The number of carbonyl (C=O) groups is 1. The fourth-order valence-electron chi connectivity index (χ4n) is 3.93. The monoisotopic (exact) mass is 358 g/mol. The quantitative estimate of drug-likeness (QED) is 0.780. The molecule has 0 radical (unpaired) electrons. The van der Waals surface area contributed by atoms with Crippen LogP contribution in [0.2, 0.25) is 0 Å². The van der Waals surface area contributed by atoms with E-state index < -0.39 is 0 Å². The fourth-order valence-corrected chi connectivity index (χ4v) is 3.93. The molecule has 2 fully saturated rings. The van der Waals surface area contributed by atoms with E-state index in [-0.39, 0.29) is 11.9 Å². The van der Waals surface area contributed by atoms with Gasteiger partial charge in [0, 0.05) is 49.0 Å². The van der Waals surface area contributed by atoms with Gasteiger partial charge >= 0.3 is 0 Å². The second kappa shape index (κ2) is 6.74. The van der Waals surface area contributed by atoms with Gasteiger partial charge in [-0.25, -0.2) is 0 Å². The smallest absolute Gasteiger partial charge is 0.255 e. The lowest BCUT2D eigenvalue weighted by molar-refractivity contribution is 0.0636. The van der Waals surface area contributed by atoms with Gasteiger partial charge in [0.15, 0.2) is 0 Å². The maximum Gasteiger partial charge on any atom is 0.255 e. The van der Waals surface area contributed by atoms with Crippen molar-refractivity contribution in [1.82, 2.24) is 20.2 Å². The molecule has 1 aromatic carbocycles. The zero-order valence-electron chi connectivity index (χ0n) is 15.1. The van der Waals surface area contributed by atoms with Gasteiger partial charge in [-0.3, -0.25) is 14.8 Å². The predicted molar refractivity (Wildman–Crippen MR) is 105 cm³/mol. The van der Waals surface area contributed by atoms with Gasteiger partial charge in [0.05, 0.1) is 17.1 Å².